The van der Waals surface area contributed by atoms with Crippen molar-refractivity contribution in [3.05, 3.63) is 70.5 Å². The maximum Gasteiger partial charge on any atom is 0.308 e. The molecule has 25 heavy (non-hydrogen) atoms. The van der Waals surface area contributed by atoms with Gasteiger partial charge in [0.15, 0.2) is 12.4 Å². The molecule has 2 rings (SSSR count). The Hall–Kier alpha value is -2.73. The summed E-state index contributed by atoms with van der Waals surface area (Å²) in [5.41, 5.74) is 0.544. The van der Waals surface area contributed by atoms with Crippen LogP contribution in [0.4, 0.5) is 4.39 Å². The lowest BCUT2D eigenvalue weighted by molar-refractivity contribution is -0.142. The largest absolute Gasteiger partial charge is 0.457 e. The first-order valence-electron chi connectivity index (χ1n) is 7.44. The van der Waals surface area contributed by atoms with Crippen LogP contribution in [0.5, 0.6) is 0 Å². The van der Waals surface area contributed by atoms with Crippen LogP contribution < -0.4 is 5.32 Å². The molecule has 0 aliphatic heterocycles. The number of halogens is 2. The van der Waals surface area contributed by atoms with E-state index in [9.17, 15) is 18.8 Å². The summed E-state index contributed by atoms with van der Waals surface area (Å²) < 4.78 is 17.8. The Morgan fingerprint density at radius 3 is 2.44 bits per heavy atom. The first-order valence-corrected chi connectivity index (χ1v) is 7.81. The number of nitrogens with one attached hydrogen (secondary N) is 1. The van der Waals surface area contributed by atoms with Gasteiger partial charge >= 0.3 is 5.97 Å². The van der Waals surface area contributed by atoms with Gasteiger partial charge in [0.2, 0.25) is 0 Å². The fourth-order valence-corrected chi connectivity index (χ4v) is 2.07. The average Bonchev–Trinajstić information content (AvgIpc) is 2.60. The molecule has 0 fully saturated rings. The van der Waals surface area contributed by atoms with Crippen LogP contribution in [0.1, 0.15) is 27.1 Å². The van der Waals surface area contributed by atoms with Gasteiger partial charge in [-0.2, -0.15) is 0 Å². The highest BCUT2D eigenvalue weighted by Crippen LogP contribution is 2.09. The molecule has 0 spiro atoms. The molecule has 0 aromatic heterocycles. The quantitative estimate of drug-likeness (QED) is 0.606. The molecule has 130 valence electrons. The van der Waals surface area contributed by atoms with E-state index in [1.807, 2.05) is 0 Å². The van der Waals surface area contributed by atoms with Crippen molar-refractivity contribution < 1.29 is 23.5 Å². The summed E-state index contributed by atoms with van der Waals surface area (Å²) in [6.07, 6.45) is -0.0875. The maximum atomic E-state index is 13.0. The van der Waals surface area contributed by atoms with Crippen molar-refractivity contribution in [2.24, 2.45) is 0 Å². The van der Waals surface area contributed by atoms with Crippen molar-refractivity contribution in [1.82, 2.24) is 5.32 Å². The summed E-state index contributed by atoms with van der Waals surface area (Å²) in [6.45, 7) is -0.415. The molecule has 1 amide bonds. The Balaban J connectivity index is 1.71. The number of esters is 1. The zero-order valence-corrected chi connectivity index (χ0v) is 13.9. The monoisotopic (exact) mass is 363 g/mol. The number of ether oxygens (including phenoxy) is 1. The van der Waals surface area contributed by atoms with E-state index in [2.05, 4.69) is 5.32 Å². The number of rotatable bonds is 7. The van der Waals surface area contributed by atoms with Crippen LogP contribution >= 0.6 is 11.6 Å². The van der Waals surface area contributed by atoms with Crippen LogP contribution in [0.15, 0.2) is 48.5 Å². The highest BCUT2D eigenvalue weighted by Gasteiger charge is 2.11. The van der Waals surface area contributed by atoms with Crippen molar-refractivity contribution in [2.75, 3.05) is 13.2 Å². The molecule has 0 saturated heterocycles. The van der Waals surface area contributed by atoms with Crippen molar-refractivity contribution in [3.8, 4) is 0 Å². The van der Waals surface area contributed by atoms with Crippen LogP contribution in [-0.2, 0) is 9.53 Å². The van der Waals surface area contributed by atoms with E-state index in [1.165, 1.54) is 18.2 Å². The summed E-state index contributed by atoms with van der Waals surface area (Å²) in [5, 5.41) is 3.08. The lowest BCUT2D eigenvalue weighted by Crippen LogP contribution is -2.27. The number of carbonyl (C=O) groups is 3. The predicted molar refractivity (Wildman–Crippen MR) is 90.1 cm³/mol. The molecular weight excluding hydrogens is 349 g/mol. The van der Waals surface area contributed by atoms with Gasteiger partial charge in [-0.1, -0.05) is 23.7 Å². The number of Topliss-reactive ketones (excluding diaryl/α,β-unsaturated/α-hetero) is 1. The van der Waals surface area contributed by atoms with E-state index in [1.54, 1.807) is 24.3 Å². The number of amides is 1. The minimum absolute atomic E-state index is 0.0639. The second kappa shape index (κ2) is 8.94. The van der Waals surface area contributed by atoms with E-state index in [4.69, 9.17) is 16.3 Å². The topological polar surface area (TPSA) is 72.5 Å². The molecule has 2 aromatic carbocycles. The molecule has 7 heteroatoms. The SMILES string of the molecule is O=C(CCNC(=O)c1ccc(Cl)cc1)OCC(=O)c1cccc(F)c1. The van der Waals surface area contributed by atoms with Crippen molar-refractivity contribution in [3.63, 3.8) is 0 Å². The number of ketones is 1. The molecule has 0 radical (unpaired) electrons. The molecule has 5 nitrogen and oxygen atoms in total. The molecule has 0 heterocycles. The van der Waals surface area contributed by atoms with Gasteiger partial charge in [-0.15, -0.1) is 0 Å². The minimum atomic E-state index is -0.638. The van der Waals surface area contributed by atoms with Gasteiger partial charge in [0.05, 0.1) is 6.42 Å². The van der Waals surface area contributed by atoms with E-state index in [-0.39, 0.29) is 24.4 Å². The molecule has 1 N–H and O–H groups in total. The van der Waals surface area contributed by atoms with Gasteiger partial charge in [-0.05, 0) is 36.4 Å². The van der Waals surface area contributed by atoms with Gasteiger partial charge in [-0.25, -0.2) is 4.39 Å². The Labute approximate surface area is 148 Å². The summed E-state index contributed by atoms with van der Waals surface area (Å²) in [4.78, 5) is 35.2. The molecule has 0 aliphatic carbocycles. The summed E-state index contributed by atoms with van der Waals surface area (Å²) in [7, 11) is 0. The highest BCUT2D eigenvalue weighted by atomic mass is 35.5. The third kappa shape index (κ3) is 6.00. The standard InChI is InChI=1S/C18H15ClFNO4/c19-14-6-4-12(5-7-14)18(24)21-9-8-17(23)25-11-16(22)13-2-1-3-15(20)10-13/h1-7,10H,8-9,11H2,(H,21,24). The minimum Gasteiger partial charge on any atom is -0.457 e. The molecule has 2 aromatic rings. The number of carbonyl (C=O) groups excluding carboxylic acids is 3. The van der Waals surface area contributed by atoms with Crippen LogP contribution in [-0.4, -0.2) is 30.8 Å². The van der Waals surface area contributed by atoms with Gasteiger partial charge in [0, 0.05) is 22.7 Å². The van der Waals surface area contributed by atoms with Crippen molar-refractivity contribution in [2.45, 2.75) is 6.42 Å². The fraction of sp³-hybridized carbons (Fsp3) is 0.167. The van der Waals surface area contributed by atoms with E-state index in [0.717, 1.165) is 6.07 Å². The van der Waals surface area contributed by atoms with E-state index in [0.29, 0.717) is 10.6 Å². The second-order valence-electron chi connectivity index (χ2n) is 5.11. The van der Waals surface area contributed by atoms with Crippen LogP contribution in [0.3, 0.4) is 0 Å². The zero-order valence-electron chi connectivity index (χ0n) is 13.1. The Bertz CT molecular complexity index is 777. The predicted octanol–water partition coefficient (Wildman–Crippen LogP) is 3.03. The van der Waals surface area contributed by atoms with E-state index < -0.39 is 24.2 Å². The van der Waals surface area contributed by atoms with Crippen LogP contribution in [0.25, 0.3) is 0 Å². The van der Waals surface area contributed by atoms with Crippen LogP contribution in [0.2, 0.25) is 5.02 Å². The third-order valence-corrected chi connectivity index (χ3v) is 3.48. The lowest BCUT2D eigenvalue weighted by Gasteiger charge is -2.06. The second-order valence-corrected chi connectivity index (χ2v) is 5.54. The highest BCUT2D eigenvalue weighted by molar-refractivity contribution is 6.30. The third-order valence-electron chi connectivity index (χ3n) is 3.23. The van der Waals surface area contributed by atoms with Gasteiger partial charge < -0.3 is 10.1 Å². The molecule has 0 saturated carbocycles. The van der Waals surface area contributed by atoms with Gasteiger partial charge in [0.25, 0.3) is 5.91 Å². The van der Waals surface area contributed by atoms with Crippen molar-refractivity contribution >= 4 is 29.3 Å². The van der Waals surface area contributed by atoms with Crippen LogP contribution in [0, 0.1) is 5.82 Å². The molecule has 0 aliphatic rings. The van der Waals surface area contributed by atoms with Gasteiger partial charge in [-0.3, -0.25) is 14.4 Å². The normalized spacial score (nSPS) is 10.2. The molecule has 0 unspecified atom stereocenters. The summed E-state index contributed by atoms with van der Waals surface area (Å²) >= 11 is 5.73. The first kappa shape index (κ1) is 18.6. The Kier molecular flexibility index (Phi) is 6.65. The molecular formula is C18H15ClFNO4. The zero-order chi connectivity index (χ0) is 18.2. The molecule has 0 atom stereocenters. The number of benzene rings is 2. The number of hydrogen-bond donors (Lipinski definition) is 1. The first-order chi connectivity index (χ1) is 12.0. The smallest absolute Gasteiger partial charge is 0.308 e. The maximum absolute atomic E-state index is 13.0. The Morgan fingerprint density at radius 1 is 1.04 bits per heavy atom. The molecule has 0 bridgehead atoms. The Morgan fingerprint density at radius 2 is 1.76 bits per heavy atom. The number of hydrogen-bond acceptors (Lipinski definition) is 4. The van der Waals surface area contributed by atoms with Gasteiger partial charge in [0.1, 0.15) is 5.82 Å². The lowest BCUT2D eigenvalue weighted by atomic mass is 10.1. The summed E-state index contributed by atoms with van der Waals surface area (Å²) in [5.74, 6) is -2.03. The average molecular weight is 364 g/mol. The summed E-state index contributed by atoms with van der Waals surface area (Å²) in [6, 6.07) is 11.4. The van der Waals surface area contributed by atoms with Crippen molar-refractivity contribution in [1.29, 1.82) is 0 Å². The van der Waals surface area contributed by atoms with E-state index >= 15 is 0 Å². The fourth-order valence-electron chi connectivity index (χ4n) is 1.94.